The van der Waals surface area contributed by atoms with E-state index in [1.165, 1.54) is 19.2 Å². The van der Waals surface area contributed by atoms with Gasteiger partial charge >= 0.3 is 5.97 Å². The lowest BCUT2D eigenvalue weighted by atomic mass is 10.3. The van der Waals surface area contributed by atoms with Crippen LogP contribution in [-0.4, -0.2) is 28.5 Å². The molecule has 0 aliphatic heterocycles. The Hall–Kier alpha value is -1.33. The van der Waals surface area contributed by atoms with Crippen molar-refractivity contribution in [3.8, 4) is 0 Å². The summed E-state index contributed by atoms with van der Waals surface area (Å²) in [6, 6.07) is 2.68. The van der Waals surface area contributed by atoms with Gasteiger partial charge in [-0.3, -0.25) is 4.79 Å². The number of nitrogens with zero attached hydrogens (tertiary/aromatic N) is 2. The first-order valence-electron chi connectivity index (χ1n) is 5.53. The zero-order chi connectivity index (χ0) is 14.0. The number of carbonyl (C=O) groups is 1. The van der Waals surface area contributed by atoms with Gasteiger partial charge in [-0.15, -0.1) is 11.6 Å². The van der Waals surface area contributed by atoms with Crippen molar-refractivity contribution in [3.63, 3.8) is 0 Å². The molecule has 0 saturated heterocycles. The van der Waals surface area contributed by atoms with E-state index < -0.39 is 11.8 Å². The van der Waals surface area contributed by atoms with Crippen LogP contribution in [0.15, 0.2) is 12.1 Å². The summed E-state index contributed by atoms with van der Waals surface area (Å²) >= 11 is 11.4. The van der Waals surface area contributed by atoms with E-state index in [9.17, 15) is 9.18 Å². The minimum atomic E-state index is -0.558. The van der Waals surface area contributed by atoms with Crippen molar-refractivity contribution in [1.29, 1.82) is 0 Å². The van der Waals surface area contributed by atoms with E-state index in [-0.39, 0.29) is 11.6 Å². The molecule has 0 saturated carbocycles. The van der Waals surface area contributed by atoms with E-state index in [0.29, 0.717) is 29.2 Å². The average molecular weight is 305 g/mol. The number of aryl methyl sites for hydroxylation is 1. The molecular weight excluding hydrogens is 294 g/mol. The number of fused-ring (bicyclic) bond motifs is 1. The summed E-state index contributed by atoms with van der Waals surface area (Å²) in [6.45, 7) is -0.0414. The second-order valence-electron chi connectivity index (χ2n) is 3.88. The summed E-state index contributed by atoms with van der Waals surface area (Å²) < 4.78 is 19.7. The molecule has 0 aliphatic carbocycles. The zero-order valence-corrected chi connectivity index (χ0v) is 11.6. The molecule has 0 bridgehead atoms. The summed E-state index contributed by atoms with van der Waals surface area (Å²) in [4.78, 5) is 15.7. The number of ether oxygens (including phenoxy) is 1. The molecule has 0 unspecified atom stereocenters. The predicted octanol–water partition coefficient (Wildman–Crippen LogP) is 2.78. The molecule has 2 rings (SSSR count). The average Bonchev–Trinajstić information content (AvgIpc) is 2.68. The lowest BCUT2D eigenvalue weighted by Crippen LogP contribution is -2.14. The normalized spacial score (nSPS) is 10.9. The Morgan fingerprint density at radius 3 is 2.89 bits per heavy atom. The van der Waals surface area contributed by atoms with E-state index in [1.54, 1.807) is 4.57 Å². The molecule has 7 heteroatoms. The maximum absolute atomic E-state index is 13.5. The fraction of sp³-hybridized carbons (Fsp3) is 0.333. The van der Waals surface area contributed by atoms with Crippen LogP contribution in [0.3, 0.4) is 0 Å². The van der Waals surface area contributed by atoms with Gasteiger partial charge in [0, 0.05) is 18.4 Å². The van der Waals surface area contributed by atoms with E-state index in [1.807, 2.05) is 0 Å². The van der Waals surface area contributed by atoms with Gasteiger partial charge in [0.15, 0.2) is 0 Å². The molecule has 1 heterocycles. The van der Waals surface area contributed by atoms with E-state index in [4.69, 9.17) is 23.2 Å². The Labute approximate surface area is 119 Å². The van der Waals surface area contributed by atoms with Gasteiger partial charge in [0.1, 0.15) is 18.2 Å². The van der Waals surface area contributed by atoms with Crippen LogP contribution < -0.4 is 0 Å². The van der Waals surface area contributed by atoms with Crippen LogP contribution in [0.2, 0.25) is 5.02 Å². The molecule has 1 aromatic heterocycles. The SMILES string of the molecule is COC(=O)Cn1c(CCCl)nc2cc(Cl)c(F)cc21. The Morgan fingerprint density at radius 1 is 1.53 bits per heavy atom. The highest BCUT2D eigenvalue weighted by Gasteiger charge is 2.15. The van der Waals surface area contributed by atoms with Crippen LogP contribution in [0.4, 0.5) is 4.39 Å². The van der Waals surface area contributed by atoms with Gasteiger partial charge in [0.25, 0.3) is 0 Å². The fourth-order valence-corrected chi connectivity index (χ4v) is 2.14. The Bertz CT molecular complexity index is 628. The van der Waals surface area contributed by atoms with E-state index in [0.717, 1.165) is 0 Å². The first-order chi connectivity index (χ1) is 9.06. The van der Waals surface area contributed by atoms with Crippen LogP contribution in [-0.2, 0) is 22.5 Å². The quantitative estimate of drug-likeness (QED) is 0.644. The van der Waals surface area contributed by atoms with Gasteiger partial charge in [-0.05, 0) is 6.07 Å². The summed E-state index contributed by atoms with van der Waals surface area (Å²) in [5, 5.41) is -0.00681. The molecule has 19 heavy (non-hydrogen) atoms. The number of halogens is 3. The van der Waals surface area contributed by atoms with Gasteiger partial charge in [0.2, 0.25) is 0 Å². The maximum atomic E-state index is 13.5. The Morgan fingerprint density at radius 2 is 2.26 bits per heavy atom. The van der Waals surface area contributed by atoms with Crippen molar-refractivity contribution in [2.75, 3.05) is 13.0 Å². The highest BCUT2D eigenvalue weighted by Crippen LogP contribution is 2.24. The predicted molar refractivity (Wildman–Crippen MR) is 71.1 cm³/mol. The number of hydrogen-bond donors (Lipinski definition) is 0. The second kappa shape index (κ2) is 5.75. The van der Waals surface area contributed by atoms with Crippen molar-refractivity contribution in [2.45, 2.75) is 13.0 Å². The third kappa shape index (κ3) is 2.82. The van der Waals surface area contributed by atoms with Crippen LogP contribution in [0, 0.1) is 5.82 Å². The number of carbonyl (C=O) groups excluding carboxylic acids is 1. The van der Waals surface area contributed by atoms with Gasteiger partial charge in [-0.2, -0.15) is 0 Å². The monoisotopic (exact) mass is 304 g/mol. The largest absolute Gasteiger partial charge is 0.468 e. The lowest BCUT2D eigenvalue weighted by Gasteiger charge is -2.06. The molecule has 1 aromatic carbocycles. The Kier molecular flexibility index (Phi) is 4.27. The molecule has 0 aliphatic rings. The lowest BCUT2D eigenvalue weighted by molar-refractivity contribution is -0.141. The molecule has 2 aromatic rings. The molecule has 4 nitrogen and oxygen atoms in total. The van der Waals surface area contributed by atoms with Crippen molar-refractivity contribution in [2.24, 2.45) is 0 Å². The molecule has 102 valence electrons. The van der Waals surface area contributed by atoms with Gasteiger partial charge in [0.05, 0.1) is 23.2 Å². The van der Waals surface area contributed by atoms with Gasteiger partial charge in [-0.1, -0.05) is 11.6 Å². The van der Waals surface area contributed by atoms with E-state index >= 15 is 0 Å². The summed E-state index contributed by atoms with van der Waals surface area (Å²) in [6.07, 6.45) is 0.465. The number of rotatable bonds is 4. The second-order valence-corrected chi connectivity index (χ2v) is 4.67. The smallest absolute Gasteiger partial charge is 0.325 e. The zero-order valence-electron chi connectivity index (χ0n) is 10.1. The number of alkyl halides is 1. The third-order valence-corrected chi connectivity index (χ3v) is 3.18. The Balaban J connectivity index is 2.58. The summed E-state index contributed by atoms with van der Waals surface area (Å²) in [5.74, 6) is -0.0547. The van der Waals surface area contributed by atoms with Gasteiger partial charge < -0.3 is 9.30 Å². The number of benzene rings is 1. The minimum Gasteiger partial charge on any atom is -0.468 e. The van der Waals surface area contributed by atoms with Crippen LogP contribution >= 0.6 is 23.2 Å². The highest BCUT2D eigenvalue weighted by atomic mass is 35.5. The number of aromatic nitrogens is 2. The minimum absolute atomic E-state index is 0.00681. The van der Waals surface area contributed by atoms with Gasteiger partial charge in [-0.25, -0.2) is 9.37 Å². The molecule has 0 amide bonds. The van der Waals surface area contributed by atoms with Crippen molar-refractivity contribution >= 4 is 40.2 Å². The van der Waals surface area contributed by atoms with E-state index in [2.05, 4.69) is 9.72 Å². The van der Waals surface area contributed by atoms with Crippen LogP contribution in [0.1, 0.15) is 5.82 Å². The van der Waals surface area contributed by atoms with Crippen LogP contribution in [0.25, 0.3) is 11.0 Å². The summed E-state index contributed by atoms with van der Waals surface area (Å²) in [5.41, 5.74) is 1.02. The molecule has 0 atom stereocenters. The number of esters is 1. The number of hydrogen-bond acceptors (Lipinski definition) is 3. The van der Waals surface area contributed by atoms with Crippen molar-refractivity contribution in [1.82, 2.24) is 9.55 Å². The summed E-state index contributed by atoms with van der Waals surface area (Å²) in [7, 11) is 1.29. The number of imidazole rings is 1. The molecule has 0 spiro atoms. The molecular formula is C12H11Cl2FN2O2. The maximum Gasteiger partial charge on any atom is 0.325 e. The highest BCUT2D eigenvalue weighted by molar-refractivity contribution is 6.31. The molecule has 0 radical (unpaired) electrons. The molecule has 0 fully saturated rings. The number of methoxy groups -OCH3 is 1. The van der Waals surface area contributed by atoms with Crippen molar-refractivity contribution in [3.05, 3.63) is 28.8 Å². The first kappa shape index (κ1) is 14.1. The third-order valence-electron chi connectivity index (χ3n) is 2.70. The van der Waals surface area contributed by atoms with Crippen molar-refractivity contribution < 1.29 is 13.9 Å². The topological polar surface area (TPSA) is 44.1 Å². The standard InChI is InChI=1S/C12H11Cl2FN2O2/c1-19-12(18)6-17-10-5-8(15)7(14)4-9(10)16-11(17)2-3-13/h4-5H,2-3,6H2,1H3. The molecule has 0 N–H and O–H groups in total. The first-order valence-corrected chi connectivity index (χ1v) is 6.45. The fourth-order valence-electron chi connectivity index (χ4n) is 1.82. The van der Waals surface area contributed by atoms with Crippen LogP contribution in [0.5, 0.6) is 0 Å².